The molecule has 0 aliphatic carbocycles. The van der Waals surface area contributed by atoms with Crippen LogP contribution in [0.4, 0.5) is 4.39 Å². The lowest BCUT2D eigenvalue weighted by molar-refractivity contribution is 0.172. The summed E-state index contributed by atoms with van der Waals surface area (Å²) in [6, 6.07) is 4.76. The van der Waals surface area contributed by atoms with E-state index >= 15 is 0 Å². The second-order valence-electron chi connectivity index (χ2n) is 4.04. The molecule has 1 atom stereocenters. The molecule has 0 bridgehead atoms. The van der Waals surface area contributed by atoms with Crippen LogP contribution >= 0.6 is 15.9 Å². The second-order valence-corrected chi connectivity index (χ2v) is 4.95. The van der Waals surface area contributed by atoms with Crippen LogP contribution in [-0.2, 0) is 6.42 Å². The summed E-state index contributed by atoms with van der Waals surface area (Å²) in [5, 5.41) is 9.98. The van der Waals surface area contributed by atoms with Crippen molar-refractivity contribution in [2.24, 2.45) is 0 Å². The molecule has 3 nitrogen and oxygen atoms in total. The Hall–Kier alpha value is -1.33. The van der Waals surface area contributed by atoms with Gasteiger partial charge < -0.3 is 5.11 Å². The smallest absolute Gasteiger partial charge is 0.127 e. The molecule has 1 heterocycles. The Balaban J connectivity index is 2.15. The molecule has 1 aromatic carbocycles. The van der Waals surface area contributed by atoms with Gasteiger partial charge in [0.2, 0.25) is 0 Å². The highest BCUT2D eigenvalue weighted by atomic mass is 79.9. The highest BCUT2D eigenvalue weighted by Gasteiger charge is 2.13. The minimum absolute atomic E-state index is 0.177. The zero-order valence-electron chi connectivity index (χ0n) is 9.77. The van der Waals surface area contributed by atoms with E-state index in [9.17, 15) is 9.50 Å². The fourth-order valence-electron chi connectivity index (χ4n) is 1.57. The number of halogens is 2. The zero-order valence-corrected chi connectivity index (χ0v) is 11.4. The monoisotopic (exact) mass is 310 g/mol. The first-order chi connectivity index (χ1) is 8.56. The summed E-state index contributed by atoms with van der Waals surface area (Å²) in [7, 11) is 0. The number of hydrogen-bond acceptors (Lipinski definition) is 3. The number of rotatable bonds is 3. The SMILES string of the molecule is Cc1cnc(C(O)Cc2ccc(Br)cc2F)cn1. The topological polar surface area (TPSA) is 46.0 Å². The van der Waals surface area contributed by atoms with E-state index in [1.807, 2.05) is 6.92 Å². The third kappa shape index (κ3) is 3.11. The van der Waals surface area contributed by atoms with Gasteiger partial charge in [0.1, 0.15) is 11.9 Å². The molecule has 0 aliphatic heterocycles. The number of hydrogen-bond donors (Lipinski definition) is 1. The maximum Gasteiger partial charge on any atom is 0.127 e. The van der Waals surface area contributed by atoms with Gasteiger partial charge in [0.25, 0.3) is 0 Å². The quantitative estimate of drug-likeness (QED) is 0.948. The lowest BCUT2D eigenvalue weighted by atomic mass is 10.1. The van der Waals surface area contributed by atoms with Crippen LogP contribution in [0.2, 0.25) is 0 Å². The third-order valence-corrected chi connectivity index (χ3v) is 3.06. The third-order valence-electron chi connectivity index (χ3n) is 2.57. The van der Waals surface area contributed by atoms with E-state index in [1.165, 1.54) is 12.3 Å². The van der Waals surface area contributed by atoms with E-state index < -0.39 is 6.10 Å². The lowest BCUT2D eigenvalue weighted by Gasteiger charge is -2.10. The Morgan fingerprint density at radius 2 is 2.11 bits per heavy atom. The minimum atomic E-state index is -0.853. The molecule has 1 aromatic heterocycles. The molecule has 0 spiro atoms. The summed E-state index contributed by atoms with van der Waals surface area (Å²) in [4.78, 5) is 8.13. The summed E-state index contributed by atoms with van der Waals surface area (Å²) in [5.74, 6) is -0.344. The molecule has 0 saturated heterocycles. The fraction of sp³-hybridized carbons (Fsp3) is 0.231. The highest BCUT2D eigenvalue weighted by molar-refractivity contribution is 9.10. The van der Waals surface area contributed by atoms with Crippen molar-refractivity contribution in [2.45, 2.75) is 19.4 Å². The average molecular weight is 311 g/mol. The Labute approximate surface area is 113 Å². The van der Waals surface area contributed by atoms with Gasteiger partial charge in [-0.1, -0.05) is 22.0 Å². The summed E-state index contributed by atoms with van der Waals surface area (Å²) >= 11 is 3.19. The van der Waals surface area contributed by atoms with E-state index in [2.05, 4.69) is 25.9 Å². The van der Waals surface area contributed by atoms with Gasteiger partial charge in [-0.15, -0.1) is 0 Å². The molecular formula is C13H12BrFN2O. The van der Waals surface area contributed by atoms with Crippen LogP contribution in [-0.4, -0.2) is 15.1 Å². The molecule has 18 heavy (non-hydrogen) atoms. The predicted molar refractivity (Wildman–Crippen MR) is 69.5 cm³/mol. The molecule has 0 radical (unpaired) electrons. The van der Waals surface area contributed by atoms with Gasteiger partial charge in [-0.3, -0.25) is 9.97 Å². The number of aromatic nitrogens is 2. The summed E-state index contributed by atoms with van der Waals surface area (Å²) < 4.78 is 14.3. The van der Waals surface area contributed by atoms with Gasteiger partial charge in [-0.2, -0.15) is 0 Å². The van der Waals surface area contributed by atoms with E-state index in [-0.39, 0.29) is 12.2 Å². The second kappa shape index (κ2) is 5.54. The van der Waals surface area contributed by atoms with Crippen LogP contribution in [0.3, 0.4) is 0 Å². The molecule has 0 amide bonds. The largest absolute Gasteiger partial charge is 0.386 e. The standard InChI is InChI=1S/C13H12BrFN2O/c1-8-6-17-12(7-16-8)13(18)4-9-2-3-10(14)5-11(9)15/h2-3,5-7,13,18H,4H2,1H3. The average Bonchev–Trinajstić information content (AvgIpc) is 2.33. The highest BCUT2D eigenvalue weighted by Crippen LogP contribution is 2.21. The van der Waals surface area contributed by atoms with Crippen molar-refractivity contribution in [3.05, 3.63) is 57.8 Å². The van der Waals surface area contributed by atoms with Crippen molar-refractivity contribution in [3.63, 3.8) is 0 Å². The molecule has 1 unspecified atom stereocenters. The molecule has 0 saturated carbocycles. The number of nitrogens with zero attached hydrogens (tertiary/aromatic N) is 2. The van der Waals surface area contributed by atoms with Crippen molar-refractivity contribution >= 4 is 15.9 Å². The number of aryl methyl sites for hydroxylation is 1. The Kier molecular flexibility index (Phi) is 4.04. The van der Waals surface area contributed by atoms with Crippen molar-refractivity contribution in [3.8, 4) is 0 Å². The summed E-state index contributed by atoms with van der Waals surface area (Å²) in [6.07, 6.45) is 2.41. The van der Waals surface area contributed by atoms with Gasteiger partial charge in [0.05, 0.1) is 17.6 Å². The first kappa shape index (κ1) is 13.1. The van der Waals surface area contributed by atoms with E-state index in [4.69, 9.17) is 0 Å². The molecule has 5 heteroatoms. The van der Waals surface area contributed by atoms with Gasteiger partial charge >= 0.3 is 0 Å². The number of aliphatic hydroxyl groups excluding tert-OH is 1. The minimum Gasteiger partial charge on any atom is -0.386 e. The van der Waals surface area contributed by atoms with Crippen molar-refractivity contribution in [2.75, 3.05) is 0 Å². The number of aliphatic hydroxyl groups is 1. The molecule has 2 rings (SSSR count). The fourth-order valence-corrected chi connectivity index (χ4v) is 1.91. The van der Waals surface area contributed by atoms with Gasteiger partial charge in [-0.25, -0.2) is 4.39 Å². The van der Waals surface area contributed by atoms with E-state index in [0.717, 1.165) is 5.69 Å². The first-order valence-corrected chi connectivity index (χ1v) is 6.26. The Morgan fingerprint density at radius 3 is 2.72 bits per heavy atom. The Bertz CT molecular complexity index is 545. The van der Waals surface area contributed by atoms with Crippen molar-refractivity contribution in [1.29, 1.82) is 0 Å². The molecule has 1 N–H and O–H groups in total. The molecule has 0 fully saturated rings. The van der Waals surface area contributed by atoms with Gasteiger partial charge in [0, 0.05) is 17.1 Å². The molecule has 94 valence electrons. The van der Waals surface area contributed by atoms with Crippen LogP contribution in [0, 0.1) is 12.7 Å². The summed E-state index contributed by atoms with van der Waals surface area (Å²) in [6.45, 7) is 1.82. The maximum atomic E-state index is 13.6. The Morgan fingerprint density at radius 1 is 1.33 bits per heavy atom. The van der Waals surface area contributed by atoms with Crippen LogP contribution in [0.1, 0.15) is 23.1 Å². The van der Waals surface area contributed by atoms with Crippen LogP contribution in [0.25, 0.3) is 0 Å². The van der Waals surface area contributed by atoms with E-state index in [1.54, 1.807) is 18.3 Å². The van der Waals surface area contributed by atoms with Crippen LogP contribution < -0.4 is 0 Å². The van der Waals surface area contributed by atoms with Gasteiger partial charge in [0.15, 0.2) is 0 Å². The van der Waals surface area contributed by atoms with E-state index in [0.29, 0.717) is 15.7 Å². The van der Waals surface area contributed by atoms with Crippen molar-refractivity contribution < 1.29 is 9.50 Å². The van der Waals surface area contributed by atoms with Crippen LogP contribution in [0.5, 0.6) is 0 Å². The zero-order chi connectivity index (χ0) is 13.1. The predicted octanol–water partition coefficient (Wildman–Crippen LogP) is 2.96. The summed E-state index contributed by atoms with van der Waals surface area (Å²) in [5.41, 5.74) is 1.68. The van der Waals surface area contributed by atoms with Crippen LogP contribution in [0.15, 0.2) is 35.1 Å². The maximum absolute atomic E-state index is 13.6. The molecular weight excluding hydrogens is 299 g/mol. The normalized spacial score (nSPS) is 12.4. The van der Waals surface area contributed by atoms with Gasteiger partial charge in [-0.05, 0) is 24.6 Å². The van der Waals surface area contributed by atoms with Crippen molar-refractivity contribution in [1.82, 2.24) is 9.97 Å². The molecule has 0 aliphatic rings. The first-order valence-electron chi connectivity index (χ1n) is 5.47. The lowest BCUT2D eigenvalue weighted by Crippen LogP contribution is -2.06. The molecule has 2 aromatic rings. The number of benzene rings is 1.